The number of rotatable bonds is 17. The lowest BCUT2D eigenvalue weighted by Gasteiger charge is -2.11. The minimum Gasteiger partial charge on any atom is -0.378 e. The molecule has 1 unspecified atom stereocenters. The first kappa shape index (κ1) is 22.5. The predicted octanol–water partition coefficient (Wildman–Crippen LogP) is 1.67. The SMILES string of the molecule is CCC(C)NCCOCCOCCOCCOCC(=O)C(C)C. The number of carbonyl (C=O) groups is 1. The van der Waals surface area contributed by atoms with Crippen molar-refractivity contribution in [3.05, 3.63) is 0 Å². The summed E-state index contributed by atoms with van der Waals surface area (Å²) in [5.74, 6) is 0.144. The molecule has 0 aromatic rings. The van der Waals surface area contributed by atoms with E-state index in [1.165, 1.54) is 0 Å². The standard InChI is InChI=1S/C17H35NO5/c1-5-16(4)18-6-7-20-8-9-21-10-11-22-12-13-23-14-17(19)15(2)3/h15-16,18H,5-14H2,1-4H3. The van der Waals surface area contributed by atoms with Crippen molar-refractivity contribution in [1.29, 1.82) is 0 Å². The summed E-state index contributed by atoms with van der Waals surface area (Å²) in [7, 11) is 0. The van der Waals surface area contributed by atoms with Gasteiger partial charge in [-0.1, -0.05) is 20.8 Å². The summed E-state index contributed by atoms with van der Waals surface area (Å²) in [5, 5.41) is 3.36. The van der Waals surface area contributed by atoms with Crippen LogP contribution in [0.1, 0.15) is 34.1 Å². The average Bonchev–Trinajstić information content (AvgIpc) is 2.54. The Morgan fingerprint density at radius 3 is 1.78 bits per heavy atom. The van der Waals surface area contributed by atoms with Crippen LogP contribution in [0.15, 0.2) is 0 Å². The third-order valence-electron chi connectivity index (χ3n) is 3.36. The third kappa shape index (κ3) is 16.1. The summed E-state index contributed by atoms with van der Waals surface area (Å²) in [6, 6.07) is 0.541. The molecule has 0 amide bonds. The van der Waals surface area contributed by atoms with Gasteiger partial charge in [0.1, 0.15) is 6.61 Å². The van der Waals surface area contributed by atoms with Gasteiger partial charge in [-0.15, -0.1) is 0 Å². The summed E-state index contributed by atoms with van der Waals surface area (Å²) in [6.45, 7) is 13.0. The summed E-state index contributed by atoms with van der Waals surface area (Å²) in [4.78, 5) is 11.3. The molecule has 0 aliphatic rings. The van der Waals surface area contributed by atoms with Gasteiger partial charge in [0.2, 0.25) is 0 Å². The van der Waals surface area contributed by atoms with Crippen LogP contribution in [0.3, 0.4) is 0 Å². The van der Waals surface area contributed by atoms with E-state index in [1.54, 1.807) is 0 Å². The highest BCUT2D eigenvalue weighted by atomic mass is 16.6. The molecule has 23 heavy (non-hydrogen) atoms. The topological polar surface area (TPSA) is 66.0 Å². The lowest BCUT2D eigenvalue weighted by Crippen LogP contribution is -2.29. The van der Waals surface area contributed by atoms with Crippen LogP contribution in [0.4, 0.5) is 0 Å². The van der Waals surface area contributed by atoms with Crippen LogP contribution in [-0.2, 0) is 23.7 Å². The number of hydrogen-bond acceptors (Lipinski definition) is 6. The zero-order chi connectivity index (χ0) is 17.3. The van der Waals surface area contributed by atoms with E-state index in [4.69, 9.17) is 18.9 Å². The van der Waals surface area contributed by atoms with Crippen LogP contribution in [-0.4, -0.2) is 71.2 Å². The number of hydrogen-bond donors (Lipinski definition) is 1. The Balaban J connectivity index is 3.09. The second-order valence-electron chi connectivity index (χ2n) is 5.77. The predicted molar refractivity (Wildman–Crippen MR) is 90.9 cm³/mol. The first-order valence-electron chi connectivity index (χ1n) is 8.65. The molecule has 1 atom stereocenters. The summed E-state index contributed by atoms with van der Waals surface area (Å²) in [6.07, 6.45) is 1.13. The second kappa shape index (κ2) is 16.3. The molecule has 0 aromatic heterocycles. The van der Waals surface area contributed by atoms with E-state index >= 15 is 0 Å². The molecule has 6 heteroatoms. The lowest BCUT2D eigenvalue weighted by molar-refractivity contribution is -0.127. The van der Waals surface area contributed by atoms with Crippen molar-refractivity contribution in [3.63, 3.8) is 0 Å². The van der Waals surface area contributed by atoms with E-state index < -0.39 is 0 Å². The Morgan fingerprint density at radius 2 is 1.30 bits per heavy atom. The van der Waals surface area contributed by atoms with E-state index in [0.29, 0.717) is 52.3 Å². The van der Waals surface area contributed by atoms with E-state index in [2.05, 4.69) is 19.2 Å². The molecular weight excluding hydrogens is 298 g/mol. The molecule has 138 valence electrons. The largest absolute Gasteiger partial charge is 0.378 e. The molecule has 0 saturated heterocycles. The van der Waals surface area contributed by atoms with Crippen LogP contribution < -0.4 is 5.32 Å². The van der Waals surface area contributed by atoms with Crippen molar-refractivity contribution in [2.24, 2.45) is 5.92 Å². The summed E-state index contributed by atoms with van der Waals surface area (Å²) >= 11 is 0. The Kier molecular flexibility index (Phi) is 16.0. The van der Waals surface area contributed by atoms with Gasteiger partial charge in [0.05, 0.1) is 46.2 Å². The third-order valence-corrected chi connectivity index (χ3v) is 3.36. The molecule has 0 fully saturated rings. The van der Waals surface area contributed by atoms with Crippen LogP contribution in [0, 0.1) is 5.92 Å². The van der Waals surface area contributed by atoms with Crippen molar-refractivity contribution < 1.29 is 23.7 Å². The molecule has 0 saturated carbocycles. The number of Topliss-reactive ketones (excluding diaryl/α,β-unsaturated/α-hetero) is 1. The molecule has 0 radical (unpaired) electrons. The van der Waals surface area contributed by atoms with Crippen molar-refractivity contribution in [1.82, 2.24) is 5.32 Å². The molecule has 0 bridgehead atoms. The average molecular weight is 333 g/mol. The van der Waals surface area contributed by atoms with Gasteiger partial charge in [-0.2, -0.15) is 0 Å². The van der Waals surface area contributed by atoms with E-state index in [0.717, 1.165) is 13.0 Å². The monoisotopic (exact) mass is 333 g/mol. The molecule has 6 nitrogen and oxygen atoms in total. The highest BCUT2D eigenvalue weighted by molar-refractivity contribution is 5.81. The fourth-order valence-electron chi connectivity index (χ4n) is 1.52. The van der Waals surface area contributed by atoms with Gasteiger partial charge in [-0.3, -0.25) is 4.79 Å². The maximum absolute atomic E-state index is 11.3. The highest BCUT2D eigenvalue weighted by Crippen LogP contribution is 1.94. The van der Waals surface area contributed by atoms with Crippen molar-refractivity contribution >= 4 is 5.78 Å². The fraction of sp³-hybridized carbons (Fsp3) is 0.941. The second-order valence-corrected chi connectivity index (χ2v) is 5.77. The fourth-order valence-corrected chi connectivity index (χ4v) is 1.52. The molecule has 0 aromatic carbocycles. The van der Waals surface area contributed by atoms with Gasteiger partial charge in [0.15, 0.2) is 5.78 Å². The molecule has 0 aliphatic heterocycles. The Bertz CT molecular complexity index is 274. The van der Waals surface area contributed by atoms with E-state index in [-0.39, 0.29) is 18.3 Å². The molecule has 0 spiro atoms. The smallest absolute Gasteiger partial charge is 0.160 e. The van der Waals surface area contributed by atoms with Gasteiger partial charge in [-0.05, 0) is 13.3 Å². The van der Waals surface area contributed by atoms with Gasteiger partial charge in [0.25, 0.3) is 0 Å². The van der Waals surface area contributed by atoms with Gasteiger partial charge < -0.3 is 24.3 Å². The first-order chi connectivity index (χ1) is 11.1. The van der Waals surface area contributed by atoms with Crippen LogP contribution in [0.5, 0.6) is 0 Å². The minimum absolute atomic E-state index is 0.0253. The van der Waals surface area contributed by atoms with Crippen molar-refractivity contribution in [2.75, 3.05) is 59.4 Å². The number of carbonyl (C=O) groups excluding carboxylic acids is 1. The maximum Gasteiger partial charge on any atom is 0.160 e. The van der Waals surface area contributed by atoms with Crippen LogP contribution >= 0.6 is 0 Å². The maximum atomic E-state index is 11.3. The van der Waals surface area contributed by atoms with E-state index in [9.17, 15) is 4.79 Å². The summed E-state index contributed by atoms with van der Waals surface area (Å²) < 4.78 is 21.4. The lowest BCUT2D eigenvalue weighted by atomic mass is 10.1. The van der Waals surface area contributed by atoms with Crippen LogP contribution in [0.2, 0.25) is 0 Å². The minimum atomic E-state index is 0.0253. The van der Waals surface area contributed by atoms with Gasteiger partial charge in [-0.25, -0.2) is 0 Å². The first-order valence-corrected chi connectivity index (χ1v) is 8.65. The Morgan fingerprint density at radius 1 is 0.826 bits per heavy atom. The van der Waals surface area contributed by atoms with Crippen molar-refractivity contribution in [2.45, 2.75) is 40.2 Å². The zero-order valence-corrected chi connectivity index (χ0v) is 15.3. The number of ketones is 1. The highest BCUT2D eigenvalue weighted by Gasteiger charge is 2.06. The molecule has 0 rings (SSSR count). The Labute approximate surface area is 141 Å². The zero-order valence-electron chi connectivity index (χ0n) is 15.3. The van der Waals surface area contributed by atoms with Gasteiger partial charge in [0, 0.05) is 18.5 Å². The number of nitrogens with one attached hydrogen (secondary N) is 1. The Hall–Kier alpha value is -0.530. The summed E-state index contributed by atoms with van der Waals surface area (Å²) in [5.41, 5.74) is 0. The van der Waals surface area contributed by atoms with Crippen LogP contribution in [0.25, 0.3) is 0 Å². The van der Waals surface area contributed by atoms with Gasteiger partial charge >= 0.3 is 0 Å². The molecular formula is C17H35NO5. The van der Waals surface area contributed by atoms with Crippen molar-refractivity contribution in [3.8, 4) is 0 Å². The quantitative estimate of drug-likeness (QED) is 0.409. The van der Waals surface area contributed by atoms with E-state index in [1.807, 2.05) is 13.8 Å². The normalized spacial score (nSPS) is 12.7. The number of ether oxygens (including phenoxy) is 4. The molecule has 0 heterocycles. The molecule has 0 aliphatic carbocycles. The molecule has 1 N–H and O–H groups in total.